The lowest BCUT2D eigenvalue weighted by molar-refractivity contribution is -0.118. The summed E-state index contributed by atoms with van der Waals surface area (Å²) in [5.41, 5.74) is 2.86. The number of ether oxygens (including phenoxy) is 3. The minimum atomic E-state index is -0.572. The summed E-state index contributed by atoms with van der Waals surface area (Å²) >= 11 is 1.33. The van der Waals surface area contributed by atoms with Crippen LogP contribution in [0.1, 0.15) is 28.4 Å². The maximum atomic E-state index is 12.4. The molecule has 2 aliphatic heterocycles. The van der Waals surface area contributed by atoms with Gasteiger partial charge in [0.25, 0.3) is 0 Å². The highest BCUT2D eigenvalue weighted by Crippen LogP contribution is 2.37. The van der Waals surface area contributed by atoms with Crippen molar-refractivity contribution in [3.8, 4) is 22.8 Å². The SMILES string of the molecule is O=C(CC1OC(=O)c2ccccc21)Nc1nc(-c2ccc3c(c2)OCO3)cs1. The summed E-state index contributed by atoms with van der Waals surface area (Å²) in [6.07, 6.45) is -0.529. The number of nitrogens with one attached hydrogen (secondary N) is 1. The molecule has 1 N–H and O–H groups in total. The van der Waals surface area contributed by atoms with Crippen molar-refractivity contribution in [2.24, 2.45) is 0 Å². The van der Waals surface area contributed by atoms with E-state index >= 15 is 0 Å². The fourth-order valence-corrected chi connectivity index (χ4v) is 3.97. The van der Waals surface area contributed by atoms with Gasteiger partial charge in [-0.1, -0.05) is 18.2 Å². The number of hydrogen-bond acceptors (Lipinski definition) is 7. The molecular weight excluding hydrogens is 380 g/mol. The van der Waals surface area contributed by atoms with Gasteiger partial charge in [-0.2, -0.15) is 0 Å². The van der Waals surface area contributed by atoms with E-state index in [9.17, 15) is 9.59 Å². The average molecular weight is 394 g/mol. The van der Waals surface area contributed by atoms with Crippen LogP contribution in [0.3, 0.4) is 0 Å². The molecule has 0 radical (unpaired) electrons. The Morgan fingerprint density at radius 1 is 1.18 bits per heavy atom. The molecule has 1 atom stereocenters. The molecule has 28 heavy (non-hydrogen) atoms. The molecular formula is C20H14N2O5S. The van der Waals surface area contributed by atoms with Crippen LogP contribution in [-0.2, 0) is 9.53 Å². The normalized spacial score (nSPS) is 16.6. The summed E-state index contributed by atoms with van der Waals surface area (Å²) in [5, 5.41) is 5.12. The first-order chi connectivity index (χ1) is 13.7. The van der Waals surface area contributed by atoms with Crippen LogP contribution in [0.2, 0.25) is 0 Å². The van der Waals surface area contributed by atoms with E-state index in [1.807, 2.05) is 29.6 Å². The Morgan fingerprint density at radius 2 is 2.04 bits per heavy atom. The van der Waals surface area contributed by atoms with Gasteiger partial charge in [0.2, 0.25) is 12.7 Å². The second-order valence-electron chi connectivity index (χ2n) is 6.34. The minimum absolute atomic E-state index is 0.0433. The van der Waals surface area contributed by atoms with Crippen molar-refractivity contribution < 1.29 is 23.8 Å². The number of aromatic nitrogens is 1. The third kappa shape index (κ3) is 2.97. The number of esters is 1. The molecule has 1 amide bonds. The number of amides is 1. The number of nitrogens with zero attached hydrogens (tertiary/aromatic N) is 1. The monoisotopic (exact) mass is 394 g/mol. The van der Waals surface area contributed by atoms with Crippen LogP contribution in [0.15, 0.2) is 47.8 Å². The molecule has 0 saturated carbocycles. The largest absolute Gasteiger partial charge is 0.454 e. The molecule has 3 heterocycles. The smallest absolute Gasteiger partial charge is 0.339 e. The molecule has 2 aliphatic rings. The number of cyclic esters (lactones) is 1. The van der Waals surface area contributed by atoms with E-state index in [0.29, 0.717) is 22.2 Å². The molecule has 2 aromatic carbocycles. The van der Waals surface area contributed by atoms with Crippen LogP contribution in [0.5, 0.6) is 11.5 Å². The maximum absolute atomic E-state index is 12.4. The Kier molecular flexibility index (Phi) is 3.98. The lowest BCUT2D eigenvalue weighted by atomic mass is 10.0. The van der Waals surface area contributed by atoms with Gasteiger partial charge in [-0.15, -0.1) is 11.3 Å². The summed E-state index contributed by atoms with van der Waals surface area (Å²) in [6, 6.07) is 12.7. The van der Waals surface area contributed by atoms with Gasteiger partial charge < -0.3 is 19.5 Å². The topological polar surface area (TPSA) is 86.8 Å². The van der Waals surface area contributed by atoms with Crippen molar-refractivity contribution in [2.45, 2.75) is 12.5 Å². The molecule has 3 aromatic rings. The van der Waals surface area contributed by atoms with Crippen molar-refractivity contribution in [3.63, 3.8) is 0 Å². The first kappa shape index (κ1) is 16.8. The van der Waals surface area contributed by atoms with Crippen molar-refractivity contribution >= 4 is 28.3 Å². The summed E-state index contributed by atoms with van der Waals surface area (Å²) in [6.45, 7) is 0.214. The van der Waals surface area contributed by atoms with Gasteiger partial charge in [-0.3, -0.25) is 4.79 Å². The zero-order chi connectivity index (χ0) is 19.1. The van der Waals surface area contributed by atoms with Crippen LogP contribution in [0.4, 0.5) is 5.13 Å². The average Bonchev–Trinajstić information content (AvgIpc) is 3.41. The number of benzene rings is 2. The Bertz CT molecular complexity index is 1090. The Hall–Kier alpha value is -3.39. The third-order valence-electron chi connectivity index (χ3n) is 4.57. The summed E-state index contributed by atoms with van der Waals surface area (Å²) in [4.78, 5) is 28.7. The lowest BCUT2D eigenvalue weighted by Crippen LogP contribution is -2.15. The second-order valence-corrected chi connectivity index (χ2v) is 7.20. The number of thiazole rings is 1. The Labute approximate surface area is 163 Å². The van der Waals surface area contributed by atoms with Gasteiger partial charge in [-0.25, -0.2) is 9.78 Å². The predicted molar refractivity (Wildman–Crippen MR) is 102 cm³/mol. The highest BCUT2D eigenvalue weighted by Gasteiger charge is 2.32. The molecule has 1 aromatic heterocycles. The molecule has 0 spiro atoms. The van der Waals surface area contributed by atoms with Crippen molar-refractivity contribution in [3.05, 3.63) is 59.0 Å². The molecule has 0 bridgehead atoms. The molecule has 5 rings (SSSR count). The molecule has 0 fully saturated rings. The van der Waals surface area contributed by atoms with Gasteiger partial charge in [0.15, 0.2) is 16.6 Å². The van der Waals surface area contributed by atoms with E-state index in [1.54, 1.807) is 18.2 Å². The highest BCUT2D eigenvalue weighted by molar-refractivity contribution is 7.14. The highest BCUT2D eigenvalue weighted by atomic mass is 32.1. The van der Waals surface area contributed by atoms with E-state index in [-0.39, 0.29) is 19.1 Å². The van der Waals surface area contributed by atoms with E-state index in [1.165, 1.54) is 11.3 Å². The van der Waals surface area contributed by atoms with Gasteiger partial charge in [0.1, 0.15) is 6.10 Å². The van der Waals surface area contributed by atoms with Crippen LogP contribution in [-0.4, -0.2) is 23.7 Å². The van der Waals surface area contributed by atoms with E-state index in [4.69, 9.17) is 14.2 Å². The maximum Gasteiger partial charge on any atom is 0.339 e. The van der Waals surface area contributed by atoms with Gasteiger partial charge in [0, 0.05) is 16.5 Å². The van der Waals surface area contributed by atoms with Crippen LogP contribution >= 0.6 is 11.3 Å². The summed E-state index contributed by atoms with van der Waals surface area (Å²) in [5.74, 6) is 0.727. The van der Waals surface area contributed by atoms with Gasteiger partial charge >= 0.3 is 5.97 Å². The second kappa shape index (κ2) is 6.65. The van der Waals surface area contributed by atoms with Crippen LogP contribution in [0.25, 0.3) is 11.3 Å². The number of fused-ring (bicyclic) bond motifs is 2. The van der Waals surface area contributed by atoms with Crippen LogP contribution < -0.4 is 14.8 Å². The first-order valence-corrected chi connectivity index (χ1v) is 9.50. The zero-order valence-electron chi connectivity index (χ0n) is 14.5. The van der Waals surface area contributed by atoms with Crippen molar-refractivity contribution in [1.29, 1.82) is 0 Å². The molecule has 140 valence electrons. The summed E-state index contributed by atoms with van der Waals surface area (Å²) in [7, 11) is 0. The Morgan fingerprint density at radius 3 is 2.96 bits per heavy atom. The molecule has 0 aliphatic carbocycles. The fraction of sp³-hybridized carbons (Fsp3) is 0.150. The molecule has 0 saturated heterocycles. The zero-order valence-corrected chi connectivity index (χ0v) is 15.3. The van der Waals surface area contributed by atoms with E-state index < -0.39 is 12.1 Å². The van der Waals surface area contributed by atoms with Gasteiger partial charge in [-0.05, 0) is 24.3 Å². The standard InChI is InChI=1S/C20H14N2O5S/c23-18(8-16-12-3-1-2-4-13(12)19(24)27-16)22-20-21-14(9-28-20)11-5-6-15-17(7-11)26-10-25-15/h1-7,9,16H,8,10H2,(H,21,22,23). The number of rotatable bonds is 4. The number of carbonyl (C=O) groups excluding carboxylic acids is 2. The number of hydrogen-bond donors (Lipinski definition) is 1. The quantitative estimate of drug-likeness (QED) is 0.678. The third-order valence-corrected chi connectivity index (χ3v) is 5.32. The number of anilines is 1. The minimum Gasteiger partial charge on any atom is -0.454 e. The summed E-state index contributed by atoms with van der Waals surface area (Å²) < 4.78 is 16.0. The lowest BCUT2D eigenvalue weighted by Gasteiger charge is -2.09. The first-order valence-electron chi connectivity index (χ1n) is 8.63. The predicted octanol–water partition coefficient (Wildman–Crippen LogP) is 3.78. The molecule has 7 nitrogen and oxygen atoms in total. The molecule has 8 heteroatoms. The van der Waals surface area contributed by atoms with Crippen LogP contribution in [0, 0.1) is 0 Å². The van der Waals surface area contributed by atoms with Gasteiger partial charge in [0.05, 0.1) is 17.7 Å². The van der Waals surface area contributed by atoms with E-state index in [0.717, 1.165) is 16.8 Å². The van der Waals surface area contributed by atoms with Crippen molar-refractivity contribution in [2.75, 3.05) is 12.1 Å². The fourth-order valence-electron chi connectivity index (χ4n) is 3.23. The Balaban J connectivity index is 1.27. The van der Waals surface area contributed by atoms with E-state index in [2.05, 4.69) is 10.3 Å². The number of carbonyl (C=O) groups is 2. The molecule has 1 unspecified atom stereocenters. The van der Waals surface area contributed by atoms with Crippen molar-refractivity contribution in [1.82, 2.24) is 4.98 Å².